The van der Waals surface area contributed by atoms with E-state index in [1.54, 1.807) is 13.2 Å². The molecule has 2 rings (SSSR count). The Morgan fingerprint density at radius 3 is 2.71 bits per heavy atom. The fourth-order valence-corrected chi connectivity index (χ4v) is 2.15. The highest BCUT2D eigenvalue weighted by molar-refractivity contribution is 5.86. The van der Waals surface area contributed by atoms with Gasteiger partial charge in [-0.2, -0.15) is 5.10 Å². The zero-order valence-corrected chi connectivity index (χ0v) is 12.1. The van der Waals surface area contributed by atoms with Crippen molar-refractivity contribution in [1.29, 1.82) is 0 Å². The van der Waals surface area contributed by atoms with E-state index in [1.807, 2.05) is 42.2 Å². The van der Waals surface area contributed by atoms with Crippen molar-refractivity contribution in [2.45, 2.75) is 13.5 Å². The van der Waals surface area contributed by atoms with Crippen molar-refractivity contribution >= 4 is 11.9 Å². The second-order valence-corrected chi connectivity index (χ2v) is 4.62. The fourth-order valence-electron chi connectivity index (χ4n) is 2.15. The Morgan fingerprint density at radius 2 is 2.10 bits per heavy atom. The topological polar surface area (TPSA) is 70.7 Å². The minimum atomic E-state index is -0.295. The van der Waals surface area contributed by atoms with Crippen LogP contribution in [0.25, 0.3) is 0 Å². The lowest BCUT2D eigenvalue weighted by molar-refractivity contribution is 0.321. The lowest BCUT2D eigenvalue weighted by atomic mass is 10.2. The molecule has 0 aliphatic rings. The summed E-state index contributed by atoms with van der Waals surface area (Å²) in [5, 5.41) is 15.8. The molecule has 1 aromatic carbocycles. The summed E-state index contributed by atoms with van der Waals surface area (Å²) in [6.45, 7) is 3.36. The molecule has 6 nitrogen and oxygen atoms in total. The molecule has 0 atom stereocenters. The van der Waals surface area contributed by atoms with E-state index >= 15 is 0 Å². The molecule has 0 aliphatic carbocycles. The van der Waals surface area contributed by atoms with Crippen molar-refractivity contribution in [3.63, 3.8) is 0 Å². The molecule has 21 heavy (non-hydrogen) atoms. The van der Waals surface area contributed by atoms with Gasteiger partial charge in [-0.25, -0.2) is 4.68 Å². The van der Waals surface area contributed by atoms with Gasteiger partial charge in [0, 0.05) is 20.1 Å². The molecule has 110 valence electrons. The second kappa shape index (κ2) is 6.69. The highest BCUT2D eigenvalue weighted by Gasteiger charge is 2.14. The molecule has 0 aliphatic heterocycles. The van der Waals surface area contributed by atoms with Crippen molar-refractivity contribution < 1.29 is 5.21 Å². The van der Waals surface area contributed by atoms with Gasteiger partial charge in [0.05, 0.1) is 23.7 Å². The quantitative estimate of drug-likeness (QED) is 0.515. The zero-order valence-electron chi connectivity index (χ0n) is 12.1. The van der Waals surface area contributed by atoms with Gasteiger partial charge in [0.25, 0.3) is 5.56 Å². The van der Waals surface area contributed by atoms with Crippen molar-refractivity contribution in [2.24, 2.45) is 12.2 Å². The highest BCUT2D eigenvalue weighted by Crippen LogP contribution is 2.17. The molecular formula is C15H18N4O2. The van der Waals surface area contributed by atoms with Crippen LogP contribution in [0.2, 0.25) is 0 Å². The number of hydrogen-bond acceptors (Lipinski definition) is 5. The third-order valence-corrected chi connectivity index (χ3v) is 3.28. The van der Waals surface area contributed by atoms with Crippen LogP contribution in [0.3, 0.4) is 0 Å². The molecule has 0 bridgehead atoms. The predicted molar refractivity (Wildman–Crippen MR) is 82.0 cm³/mol. The standard InChI is InChI=1S/C15H18N4O2/c1-3-19(11-12-7-5-4-6-8-12)14-10-16-18(2)15(20)13(14)9-17-21/h4-10,21H,3,11H2,1-2H3/b17-9+. The summed E-state index contributed by atoms with van der Waals surface area (Å²) in [6, 6.07) is 9.96. The molecule has 1 aromatic heterocycles. The summed E-state index contributed by atoms with van der Waals surface area (Å²) in [4.78, 5) is 14.1. The number of benzene rings is 1. The van der Waals surface area contributed by atoms with Gasteiger partial charge < -0.3 is 10.1 Å². The summed E-state index contributed by atoms with van der Waals surface area (Å²) in [5.74, 6) is 0. The van der Waals surface area contributed by atoms with E-state index in [1.165, 1.54) is 4.68 Å². The highest BCUT2D eigenvalue weighted by atomic mass is 16.4. The van der Waals surface area contributed by atoms with Crippen LogP contribution in [0, 0.1) is 0 Å². The summed E-state index contributed by atoms with van der Waals surface area (Å²) >= 11 is 0. The van der Waals surface area contributed by atoms with Gasteiger partial charge >= 0.3 is 0 Å². The van der Waals surface area contributed by atoms with Crippen LogP contribution in [-0.2, 0) is 13.6 Å². The van der Waals surface area contributed by atoms with Crippen LogP contribution in [-0.4, -0.2) is 27.7 Å². The van der Waals surface area contributed by atoms with Gasteiger partial charge in [-0.15, -0.1) is 0 Å². The predicted octanol–water partition coefficient (Wildman–Crippen LogP) is 1.61. The minimum Gasteiger partial charge on any atom is -0.411 e. The van der Waals surface area contributed by atoms with Crippen LogP contribution in [0.4, 0.5) is 5.69 Å². The second-order valence-electron chi connectivity index (χ2n) is 4.62. The van der Waals surface area contributed by atoms with Gasteiger partial charge in [-0.1, -0.05) is 35.5 Å². The summed E-state index contributed by atoms with van der Waals surface area (Å²) in [7, 11) is 1.56. The number of rotatable bonds is 5. The van der Waals surface area contributed by atoms with Crippen molar-refractivity contribution in [2.75, 3.05) is 11.4 Å². The summed E-state index contributed by atoms with van der Waals surface area (Å²) in [6.07, 6.45) is 2.78. The van der Waals surface area contributed by atoms with Crippen molar-refractivity contribution in [3.05, 3.63) is 58.0 Å². The average molecular weight is 286 g/mol. The lowest BCUT2D eigenvalue weighted by Crippen LogP contribution is -2.30. The Balaban J connectivity index is 2.43. The number of hydrogen-bond donors (Lipinski definition) is 1. The third kappa shape index (κ3) is 3.28. The van der Waals surface area contributed by atoms with E-state index < -0.39 is 0 Å². The number of aryl methyl sites for hydroxylation is 1. The molecule has 0 amide bonds. The van der Waals surface area contributed by atoms with Gasteiger partial charge in [0.15, 0.2) is 0 Å². The van der Waals surface area contributed by atoms with E-state index in [9.17, 15) is 4.79 Å². The molecule has 0 saturated heterocycles. The molecule has 0 unspecified atom stereocenters. The molecule has 6 heteroatoms. The van der Waals surface area contributed by atoms with E-state index in [-0.39, 0.29) is 5.56 Å². The van der Waals surface area contributed by atoms with E-state index in [4.69, 9.17) is 5.21 Å². The summed E-state index contributed by atoms with van der Waals surface area (Å²) in [5.41, 5.74) is 1.82. The third-order valence-electron chi connectivity index (χ3n) is 3.28. The van der Waals surface area contributed by atoms with Crippen LogP contribution in [0.1, 0.15) is 18.1 Å². The van der Waals surface area contributed by atoms with Crippen LogP contribution >= 0.6 is 0 Å². The largest absolute Gasteiger partial charge is 0.411 e. The molecule has 0 spiro atoms. The molecule has 1 N–H and O–H groups in total. The van der Waals surface area contributed by atoms with Gasteiger partial charge in [0.2, 0.25) is 0 Å². The Labute approximate surface area is 122 Å². The average Bonchev–Trinajstić information content (AvgIpc) is 2.51. The molecule has 1 heterocycles. The fraction of sp³-hybridized carbons (Fsp3) is 0.267. The Kier molecular flexibility index (Phi) is 4.71. The number of anilines is 1. The SMILES string of the molecule is CCN(Cc1ccccc1)c1cnn(C)c(=O)c1/C=N/O. The zero-order chi connectivity index (χ0) is 15.2. The number of oxime groups is 1. The van der Waals surface area contributed by atoms with Crippen LogP contribution in [0.15, 0.2) is 46.5 Å². The smallest absolute Gasteiger partial charge is 0.277 e. The first kappa shape index (κ1) is 14.8. The lowest BCUT2D eigenvalue weighted by Gasteiger charge is -2.24. The Bertz CT molecular complexity index is 680. The van der Waals surface area contributed by atoms with Gasteiger partial charge in [0.1, 0.15) is 0 Å². The van der Waals surface area contributed by atoms with Crippen molar-refractivity contribution in [1.82, 2.24) is 9.78 Å². The molecule has 0 fully saturated rings. The maximum absolute atomic E-state index is 12.1. The number of nitrogens with zero attached hydrogens (tertiary/aromatic N) is 4. The number of aromatic nitrogens is 2. The molecule has 0 radical (unpaired) electrons. The maximum Gasteiger partial charge on any atom is 0.277 e. The first-order valence-electron chi connectivity index (χ1n) is 6.70. The molecule has 0 saturated carbocycles. The first-order chi connectivity index (χ1) is 10.2. The van der Waals surface area contributed by atoms with E-state index in [0.717, 1.165) is 11.8 Å². The van der Waals surface area contributed by atoms with E-state index in [2.05, 4.69) is 10.3 Å². The van der Waals surface area contributed by atoms with Crippen LogP contribution < -0.4 is 10.5 Å². The summed E-state index contributed by atoms with van der Waals surface area (Å²) < 4.78 is 1.22. The Hall–Kier alpha value is -2.63. The first-order valence-corrected chi connectivity index (χ1v) is 6.70. The van der Waals surface area contributed by atoms with Crippen LogP contribution in [0.5, 0.6) is 0 Å². The monoisotopic (exact) mass is 286 g/mol. The van der Waals surface area contributed by atoms with Gasteiger partial charge in [-0.3, -0.25) is 4.79 Å². The molecule has 2 aromatic rings. The van der Waals surface area contributed by atoms with E-state index in [0.29, 0.717) is 24.3 Å². The maximum atomic E-state index is 12.1. The minimum absolute atomic E-state index is 0.295. The van der Waals surface area contributed by atoms with Crippen molar-refractivity contribution in [3.8, 4) is 0 Å². The normalized spacial score (nSPS) is 11.0. The molecular weight excluding hydrogens is 268 g/mol. The van der Waals surface area contributed by atoms with Gasteiger partial charge in [-0.05, 0) is 12.5 Å². The Morgan fingerprint density at radius 1 is 1.38 bits per heavy atom.